The SMILES string of the molecule is CC1(C)CCC(COC2CC3CCC(C2)N3)O1. The molecule has 17 heavy (non-hydrogen) atoms. The minimum Gasteiger partial charge on any atom is -0.375 e. The second-order valence-electron chi connectivity index (χ2n) is 6.60. The summed E-state index contributed by atoms with van der Waals surface area (Å²) in [5, 5.41) is 3.65. The van der Waals surface area contributed by atoms with Crippen molar-refractivity contribution in [2.75, 3.05) is 6.61 Å². The van der Waals surface area contributed by atoms with Crippen LogP contribution in [0, 0.1) is 0 Å². The van der Waals surface area contributed by atoms with Crippen molar-refractivity contribution in [1.29, 1.82) is 0 Å². The molecule has 0 amide bonds. The highest BCUT2D eigenvalue weighted by Crippen LogP contribution is 2.32. The van der Waals surface area contributed by atoms with E-state index in [1.54, 1.807) is 0 Å². The lowest BCUT2D eigenvalue weighted by molar-refractivity contribution is -0.0775. The zero-order chi connectivity index (χ0) is 11.9. The fourth-order valence-electron chi connectivity index (χ4n) is 3.58. The first-order valence-electron chi connectivity index (χ1n) is 7.16. The largest absolute Gasteiger partial charge is 0.375 e. The van der Waals surface area contributed by atoms with E-state index in [0.29, 0.717) is 12.2 Å². The normalized spacial score (nSPS) is 44.1. The second kappa shape index (κ2) is 4.52. The number of rotatable bonds is 3. The van der Waals surface area contributed by atoms with Crippen molar-refractivity contribution in [2.24, 2.45) is 0 Å². The highest BCUT2D eigenvalue weighted by atomic mass is 16.6. The topological polar surface area (TPSA) is 30.5 Å². The van der Waals surface area contributed by atoms with Crippen molar-refractivity contribution in [3.63, 3.8) is 0 Å². The third-order valence-corrected chi connectivity index (χ3v) is 4.50. The van der Waals surface area contributed by atoms with Crippen molar-refractivity contribution in [2.45, 2.75) is 82.3 Å². The van der Waals surface area contributed by atoms with Gasteiger partial charge in [0.1, 0.15) is 0 Å². The smallest absolute Gasteiger partial charge is 0.0816 e. The molecule has 0 saturated carbocycles. The summed E-state index contributed by atoms with van der Waals surface area (Å²) < 4.78 is 12.0. The second-order valence-corrected chi connectivity index (χ2v) is 6.60. The molecule has 0 aromatic heterocycles. The summed E-state index contributed by atoms with van der Waals surface area (Å²) in [6.45, 7) is 5.16. The van der Waals surface area contributed by atoms with Gasteiger partial charge in [-0.3, -0.25) is 0 Å². The Morgan fingerprint density at radius 2 is 1.88 bits per heavy atom. The average molecular weight is 239 g/mol. The molecule has 0 aromatic carbocycles. The van der Waals surface area contributed by atoms with Crippen LogP contribution in [0.3, 0.4) is 0 Å². The van der Waals surface area contributed by atoms with Gasteiger partial charge in [-0.2, -0.15) is 0 Å². The van der Waals surface area contributed by atoms with Crippen LogP contribution in [0.15, 0.2) is 0 Å². The molecule has 3 aliphatic rings. The molecule has 3 unspecified atom stereocenters. The molecule has 1 N–H and O–H groups in total. The fourth-order valence-corrected chi connectivity index (χ4v) is 3.58. The molecule has 0 aromatic rings. The van der Waals surface area contributed by atoms with Gasteiger partial charge in [-0.1, -0.05) is 0 Å². The molecular formula is C14H25NO2. The molecule has 3 heteroatoms. The average Bonchev–Trinajstić information content (AvgIpc) is 2.79. The Balaban J connectivity index is 1.43. The first kappa shape index (κ1) is 11.9. The van der Waals surface area contributed by atoms with Gasteiger partial charge < -0.3 is 14.8 Å². The number of ether oxygens (including phenoxy) is 2. The zero-order valence-electron chi connectivity index (χ0n) is 11.1. The summed E-state index contributed by atoms with van der Waals surface area (Å²) in [6.07, 6.45) is 8.22. The summed E-state index contributed by atoms with van der Waals surface area (Å²) in [5.41, 5.74) is 0.0706. The van der Waals surface area contributed by atoms with Gasteiger partial charge in [0, 0.05) is 12.1 Å². The van der Waals surface area contributed by atoms with E-state index in [-0.39, 0.29) is 5.60 Å². The number of nitrogens with one attached hydrogen (secondary N) is 1. The molecule has 3 fully saturated rings. The maximum absolute atomic E-state index is 6.08. The van der Waals surface area contributed by atoms with Gasteiger partial charge in [0.05, 0.1) is 24.4 Å². The molecule has 0 radical (unpaired) electrons. The maximum atomic E-state index is 6.08. The molecule has 0 aliphatic carbocycles. The summed E-state index contributed by atoms with van der Waals surface area (Å²) in [7, 11) is 0. The Hall–Kier alpha value is -0.120. The molecule has 2 bridgehead atoms. The van der Waals surface area contributed by atoms with E-state index in [9.17, 15) is 0 Å². The van der Waals surface area contributed by atoms with Gasteiger partial charge >= 0.3 is 0 Å². The van der Waals surface area contributed by atoms with Crippen LogP contribution in [-0.2, 0) is 9.47 Å². The summed E-state index contributed by atoms with van der Waals surface area (Å²) >= 11 is 0. The van der Waals surface area contributed by atoms with E-state index < -0.39 is 0 Å². The monoisotopic (exact) mass is 239 g/mol. The summed E-state index contributed by atoms with van der Waals surface area (Å²) in [6, 6.07) is 1.44. The molecule has 0 spiro atoms. The third kappa shape index (κ3) is 2.83. The number of hydrogen-bond acceptors (Lipinski definition) is 3. The molecule has 3 aliphatic heterocycles. The van der Waals surface area contributed by atoms with Crippen LogP contribution >= 0.6 is 0 Å². The Morgan fingerprint density at radius 3 is 2.47 bits per heavy atom. The van der Waals surface area contributed by atoms with E-state index in [2.05, 4.69) is 19.2 Å². The quantitative estimate of drug-likeness (QED) is 0.819. The van der Waals surface area contributed by atoms with Gasteiger partial charge in [-0.05, 0) is 52.4 Å². The number of fused-ring (bicyclic) bond motifs is 2. The van der Waals surface area contributed by atoms with E-state index in [1.165, 1.54) is 32.1 Å². The number of hydrogen-bond donors (Lipinski definition) is 1. The first-order valence-corrected chi connectivity index (χ1v) is 7.16. The Bertz CT molecular complexity index is 267. The van der Waals surface area contributed by atoms with Crippen LogP contribution in [-0.4, -0.2) is 36.5 Å². The van der Waals surface area contributed by atoms with E-state index in [1.807, 2.05) is 0 Å². The van der Waals surface area contributed by atoms with E-state index in [0.717, 1.165) is 25.1 Å². The van der Waals surface area contributed by atoms with Crippen molar-refractivity contribution >= 4 is 0 Å². The van der Waals surface area contributed by atoms with E-state index in [4.69, 9.17) is 9.47 Å². The molecule has 3 rings (SSSR count). The predicted octanol–water partition coefficient (Wildman–Crippen LogP) is 2.24. The molecule has 3 heterocycles. The Kier molecular flexibility index (Phi) is 3.18. The van der Waals surface area contributed by atoms with Crippen LogP contribution in [0.1, 0.15) is 52.4 Å². The minimum absolute atomic E-state index is 0.0706. The third-order valence-electron chi connectivity index (χ3n) is 4.50. The fraction of sp³-hybridized carbons (Fsp3) is 1.00. The molecule has 3 nitrogen and oxygen atoms in total. The molecule has 3 atom stereocenters. The predicted molar refractivity (Wildman–Crippen MR) is 67.1 cm³/mol. The standard InChI is InChI=1S/C14H25NO2/c1-14(2)6-5-12(17-14)9-16-13-7-10-3-4-11(8-13)15-10/h10-13,15H,3-9H2,1-2H3. The van der Waals surface area contributed by atoms with Crippen molar-refractivity contribution in [3.8, 4) is 0 Å². The minimum atomic E-state index is 0.0706. The lowest BCUT2D eigenvalue weighted by Gasteiger charge is -2.30. The van der Waals surface area contributed by atoms with Crippen LogP contribution in [0.2, 0.25) is 0 Å². The van der Waals surface area contributed by atoms with Crippen LogP contribution in [0.5, 0.6) is 0 Å². The van der Waals surface area contributed by atoms with Crippen molar-refractivity contribution in [1.82, 2.24) is 5.32 Å². The Labute approximate surface area is 104 Å². The lowest BCUT2D eigenvalue weighted by Crippen LogP contribution is -2.42. The van der Waals surface area contributed by atoms with Gasteiger partial charge in [-0.15, -0.1) is 0 Å². The Morgan fingerprint density at radius 1 is 1.18 bits per heavy atom. The molecular weight excluding hydrogens is 214 g/mol. The molecule has 3 saturated heterocycles. The van der Waals surface area contributed by atoms with Crippen LogP contribution in [0.4, 0.5) is 0 Å². The van der Waals surface area contributed by atoms with Gasteiger partial charge in [0.25, 0.3) is 0 Å². The summed E-state index contributed by atoms with van der Waals surface area (Å²) in [4.78, 5) is 0. The first-order chi connectivity index (χ1) is 8.11. The molecule has 98 valence electrons. The lowest BCUT2D eigenvalue weighted by atomic mass is 10.0. The van der Waals surface area contributed by atoms with Crippen LogP contribution < -0.4 is 5.32 Å². The van der Waals surface area contributed by atoms with Crippen molar-refractivity contribution in [3.05, 3.63) is 0 Å². The highest BCUT2D eigenvalue weighted by Gasteiger charge is 2.36. The number of piperidine rings is 1. The summed E-state index contributed by atoms with van der Waals surface area (Å²) in [5.74, 6) is 0. The van der Waals surface area contributed by atoms with Gasteiger partial charge in [0.15, 0.2) is 0 Å². The van der Waals surface area contributed by atoms with Gasteiger partial charge in [0.2, 0.25) is 0 Å². The van der Waals surface area contributed by atoms with Gasteiger partial charge in [-0.25, -0.2) is 0 Å². The zero-order valence-corrected chi connectivity index (χ0v) is 11.1. The van der Waals surface area contributed by atoms with E-state index >= 15 is 0 Å². The highest BCUT2D eigenvalue weighted by molar-refractivity contribution is 4.92. The van der Waals surface area contributed by atoms with Crippen LogP contribution in [0.25, 0.3) is 0 Å². The van der Waals surface area contributed by atoms with Crippen molar-refractivity contribution < 1.29 is 9.47 Å². The maximum Gasteiger partial charge on any atom is 0.0816 e.